The molecule has 0 heterocycles. The number of hydrogen-bond donors (Lipinski definition) is 1. The van der Waals surface area contributed by atoms with Crippen molar-refractivity contribution in [2.24, 2.45) is 0 Å². The first-order valence-corrected chi connectivity index (χ1v) is 11.1. The Labute approximate surface area is 165 Å². The van der Waals surface area contributed by atoms with Gasteiger partial charge < -0.3 is 10.1 Å². The van der Waals surface area contributed by atoms with Crippen molar-refractivity contribution in [3.05, 3.63) is 58.6 Å². The lowest BCUT2D eigenvalue weighted by atomic mass is 10.1. The molecule has 0 bridgehead atoms. The number of nitrogens with one attached hydrogen (secondary N) is 1. The van der Waals surface area contributed by atoms with Crippen LogP contribution < -0.4 is 10.1 Å². The quantitative estimate of drug-likeness (QED) is 0.637. The van der Waals surface area contributed by atoms with Gasteiger partial charge in [-0.25, -0.2) is 8.42 Å². The second kappa shape index (κ2) is 9.76. The van der Waals surface area contributed by atoms with Gasteiger partial charge in [-0.2, -0.15) is 0 Å². The molecule has 0 saturated heterocycles. The molecule has 0 fully saturated rings. The summed E-state index contributed by atoms with van der Waals surface area (Å²) < 4.78 is 28.9. The maximum absolute atomic E-state index is 12.3. The van der Waals surface area contributed by atoms with Crippen LogP contribution in [-0.2, 0) is 16.3 Å². The summed E-state index contributed by atoms with van der Waals surface area (Å²) in [7, 11) is -3.40. The van der Waals surface area contributed by atoms with Crippen LogP contribution in [-0.4, -0.2) is 33.7 Å². The van der Waals surface area contributed by atoms with Gasteiger partial charge in [0.1, 0.15) is 5.75 Å². The van der Waals surface area contributed by atoms with Crippen LogP contribution in [0.5, 0.6) is 5.75 Å². The first kappa shape index (κ1) is 21.3. The lowest BCUT2D eigenvalue weighted by molar-refractivity contribution is 0.0954. The molecule has 2 aromatic rings. The second-order valence-corrected chi connectivity index (χ2v) is 8.69. The summed E-state index contributed by atoms with van der Waals surface area (Å²) in [5.41, 5.74) is 1.22. The van der Waals surface area contributed by atoms with Gasteiger partial charge in [0.15, 0.2) is 9.84 Å². The predicted octanol–water partition coefficient (Wildman–Crippen LogP) is 3.89. The first-order chi connectivity index (χ1) is 12.8. The van der Waals surface area contributed by atoms with E-state index in [0.717, 1.165) is 30.4 Å². The number of carbonyl (C=O) groups excluding carboxylic acids is 1. The maximum Gasteiger partial charge on any atom is 0.252 e. The van der Waals surface area contributed by atoms with E-state index in [9.17, 15) is 13.2 Å². The fourth-order valence-corrected chi connectivity index (χ4v) is 3.26. The third-order valence-electron chi connectivity index (χ3n) is 4.00. The Morgan fingerprint density at radius 1 is 1.15 bits per heavy atom. The number of halogens is 1. The lowest BCUT2D eigenvalue weighted by Crippen LogP contribution is -2.26. The average Bonchev–Trinajstić information content (AvgIpc) is 2.62. The molecule has 0 aliphatic carbocycles. The Kier molecular flexibility index (Phi) is 7.68. The van der Waals surface area contributed by atoms with Crippen LogP contribution in [0.2, 0.25) is 5.02 Å². The smallest absolute Gasteiger partial charge is 0.252 e. The van der Waals surface area contributed by atoms with Gasteiger partial charge in [0.2, 0.25) is 0 Å². The van der Waals surface area contributed by atoms with Gasteiger partial charge in [-0.05, 0) is 48.7 Å². The molecule has 0 spiro atoms. The number of hydrogen-bond acceptors (Lipinski definition) is 4. The molecule has 0 unspecified atom stereocenters. The molecule has 5 nitrogen and oxygen atoms in total. The number of rotatable bonds is 9. The van der Waals surface area contributed by atoms with Crippen molar-refractivity contribution in [3.8, 4) is 5.75 Å². The molecule has 27 heavy (non-hydrogen) atoms. The average molecular weight is 410 g/mol. The zero-order valence-corrected chi connectivity index (χ0v) is 17.1. The number of benzene rings is 2. The summed E-state index contributed by atoms with van der Waals surface area (Å²) in [4.78, 5) is 12.4. The minimum Gasteiger partial charge on any atom is -0.494 e. The topological polar surface area (TPSA) is 72.5 Å². The van der Waals surface area contributed by atoms with E-state index in [1.54, 1.807) is 0 Å². The zero-order chi connectivity index (χ0) is 19.9. The van der Waals surface area contributed by atoms with Crippen molar-refractivity contribution >= 4 is 27.3 Å². The van der Waals surface area contributed by atoms with E-state index < -0.39 is 15.7 Å². The third kappa shape index (κ3) is 6.56. The molecule has 1 amide bonds. The third-order valence-corrected chi connectivity index (χ3v) is 5.44. The van der Waals surface area contributed by atoms with Crippen LogP contribution in [0.25, 0.3) is 0 Å². The summed E-state index contributed by atoms with van der Waals surface area (Å²) in [6.07, 6.45) is 3.85. The molecule has 2 rings (SSSR count). The Morgan fingerprint density at radius 3 is 2.48 bits per heavy atom. The maximum atomic E-state index is 12.3. The van der Waals surface area contributed by atoms with E-state index in [0.29, 0.717) is 19.6 Å². The van der Waals surface area contributed by atoms with E-state index in [1.165, 1.54) is 18.2 Å². The first-order valence-electron chi connectivity index (χ1n) is 8.81. The highest BCUT2D eigenvalue weighted by Gasteiger charge is 2.15. The molecule has 0 saturated carbocycles. The highest BCUT2D eigenvalue weighted by atomic mass is 35.5. The predicted molar refractivity (Wildman–Crippen MR) is 107 cm³/mol. The van der Waals surface area contributed by atoms with Gasteiger partial charge in [-0.15, -0.1) is 0 Å². The number of amides is 1. The van der Waals surface area contributed by atoms with Crippen molar-refractivity contribution in [3.63, 3.8) is 0 Å². The highest BCUT2D eigenvalue weighted by Crippen LogP contribution is 2.20. The van der Waals surface area contributed by atoms with Gasteiger partial charge in [0, 0.05) is 12.8 Å². The fourth-order valence-electron chi connectivity index (χ4n) is 2.41. The molecule has 0 aliphatic rings. The number of carbonyl (C=O) groups is 1. The standard InChI is InChI=1S/C20H24ClNO4S/c1-3-4-13-26-16-7-5-15(6-8-16)11-12-22-20(23)18-14-17(27(2,24)25)9-10-19(18)21/h5-10,14H,3-4,11-13H2,1-2H3,(H,22,23). The van der Waals surface area contributed by atoms with Crippen LogP contribution in [0.4, 0.5) is 0 Å². The monoisotopic (exact) mass is 409 g/mol. The molecular weight excluding hydrogens is 386 g/mol. The van der Waals surface area contributed by atoms with Crippen molar-refractivity contribution in [1.82, 2.24) is 5.32 Å². The Morgan fingerprint density at radius 2 is 1.85 bits per heavy atom. The van der Waals surface area contributed by atoms with Crippen molar-refractivity contribution in [2.45, 2.75) is 31.1 Å². The molecule has 1 N–H and O–H groups in total. The van der Waals surface area contributed by atoms with Crippen LogP contribution in [0, 0.1) is 0 Å². The van der Waals surface area contributed by atoms with Crippen LogP contribution in [0.1, 0.15) is 35.7 Å². The molecule has 7 heteroatoms. The van der Waals surface area contributed by atoms with Crippen LogP contribution >= 0.6 is 11.6 Å². The van der Waals surface area contributed by atoms with Crippen molar-refractivity contribution in [2.75, 3.05) is 19.4 Å². The van der Waals surface area contributed by atoms with Gasteiger partial charge in [0.05, 0.1) is 22.1 Å². The Balaban J connectivity index is 1.91. The van der Waals surface area contributed by atoms with E-state index in [2.05, 4.69) is 12.2 Å². The van der Waals surface area contributed by atoms with E-state index in [4.69, 9.17) is 16.3 Å². The summed E-state index contributed by atoms with van der Waals surface area (Å²) in [5.74, 6) is 0.436. The normalized spacial score (nSPS) is 11.2. The molecule has 0 radical (unpaired) electrons. The second-order valence-electron chi connectivity index (χ2n) is 6.27. The van der Waals surface area contributed by atoms with Gasteiger partial charge in [-0.3, -0.25) is 4.79 Å². The van der Waals surface area contributed by atoms with E-state index >= 15 is 0 Å². The zero-order valence-electron chi connectivity index (χ0n) is 15.5. The van der Waals surface area contributed by atoms with Crippen molar-refractivity contribution < 1.29 is 17.9 Å². The summed E-state index contributed by atoms with van der Waals surface area (Å²) in [6, 6.07) is 11.9. The number of sulfone groups is 1. The summed E-state index contributed by atoms with van der Waals surface area (Å²) in [5, 5.41) is 2.99. The summed E-state index contributed by atoms with van der Waals surface area (Å²) in [6.45, 7) is 3.23. The molecule has 146 valence electrons. The lowest BCUT2D eigenvalue weighted by Gasteiger charge is -2.09. The van der Waals surface area contributed by atoms with Crippen molar-refractivity contribution in [1.29, 1.82) is 0 Å². The highest BCUT2D eigenvalue weighted by molar-refractivity contribution is 7.90. The van der Waals surface area contributed by atoms with Gasteiger partial charge >= 0.3 is 0 Å². The molecular formula is C20H24ClNO4S. The SMILES string of the molecule is CCCCOc1ccc(CCNC(=O)c2cc(S(C)(=O)=O)ccc2Cl)cc1. The largest absolute Gasteiger partial charge is 0.494 e. The molecule has 0 aliphatic heterocycles. The van der Waals surface area contributed by atoms with Gasteiger partial charge in [-0.1, -0.05) is 37.1 Å². The van der Waals surface area contributed by atoms with Crippen LogP contribution in [0.15, 0.2) is 47.4 Å². The number of unbranched alkanes of at least 4 members (excludes halogenated alkanes) is 1. The van der Waals surface area contributed by atoms with Crippen LogP contribution in [0.3, 0.4) is 0 Å². The number of ether oxygens (including phenoxy) is 1. The minimum absolute atomic E-state index is 0.0655. The van der Waals surface area contributed by atoms with E-state index in [1.807, 2.05) is 24.3 Å². The fraction of sp³-hybridized carbons (Fsp3) is 0.350. The Hall–Kier alpha value is -2.05. The molecule has 2 aromatic carbocycles. The molecule has 0 atom stereocenters. The van der Waals surface area contributed by atoms with E-state index in [-0.39, 0.29) is 15.5 Å². The summed E-state index contributed by atoms with van der Waals surface area (Å²) >= 11 is 6.04. The Bertz CT molecular complexity index is 879. The minimum atomic E-state index is -3.40. The van der Waals surface area contributed by atoms with Gasteiger partial charge in [0.25, 0.3) is 5.91 Å². The molecule has 0 aromatic heterocycles.